The number of hydrogen-bond acceptors (Lipinski definition) is 6. The monoisotopic (exact) mass is 338 g/mol. The van der Waals surface area contributed by atoms with E-state index in [-0.39, 0.29) is 35.1 Å². The number of imidazole rings is 1. The first-order valence-corrected chi connectivity index (χ1v) is 7.38. The Labute approximate surface area is 142 Å². The standard InChI is InChI=1S/C16H14N6O3/c1-9-15(22(24)25)10(2)21(20-9)8-14(23)11(7-17)16-18-12-5-3-4-6-13(12)19-16/h3-6,23H,8H2,1-2H3,(H,18,19)/b14-11-. The molecular formula is C16H14N6O3. The lowest BCUT2D eigenvalue weighted by Crippen LogP contribution is -2.07. The van der Waals surface area contributed by atoms with Crippen LogP contribution in [0, 0.1) is 35.3 Å². The molecule has 3 rings (SSSR count). The Bertz CT molecular complexity index is 1020. The first kappa shape index (κ1) is 16.2. The summed E-state index contributed by atoms with van der Waals surface area (Å²) in [7, 11) is 0. The van der Waals surface area contributed by atoms with E-state index in [1.165, 1.54) is 11.6 Å². The van der Waals surface area contributed by atoms with E-state index in [2.05, 4.69) is 15.1 Å². The molecule has 0 spiro atoms. The van der Waals surface area contributed by atoms with Crippen LogP contribution < -0.4 is 0 Å². The second-order valence-electron chi connectivity index (χ2n) is 5.47. The van der Waals surface area contributed by atoms with Gasteiger partial charge in [-0.2, -0.15) is 10.4 Å². The molecule has 0 aliphatic heterocycles. The third-order valence-electron chi connectivity index (χ3n) is 3.85. The number of para-hydroxylation sites is 2. The van der Waals surface area contributed by atoms with E-state index in [4.69, 9.17) is 0 Å². The molecule has 9 nitrogen and oxygen atoms in total. The minimum absolute atomic E-state index is 0.0357. The van der Waals surface area contributed by atoms with Crippen LogP contribution in [0.5, 0.6) is 0 Å². The van der Waals surface area contributed by atoms with Gasteiger partial charge in [0.15, 0.2) is 5.82 Å². The van der Waals surface area contributed by atoms with Gasteiger partial charge in [0.1, 0.15) is 35.3 Å². The zero-order chi connectivity index (χ0) is 18.1. The van der Waals surface area contributed by atoms with Crippen LogP contribution in [0.4, 0.5) is 5.69 Å². The largest absolute Gasteiger partial charge is 0.509 e. The number of nitrogens with one attached hydrogen (secondary N) is 1. The summed E-state index contributed by atoms with van der Waals surface area (Å²) in [6, 6.07) is 9.16. The van der Waals surface area contributed by atoms with Gasteiger partial charge in [0.05, 0.1) is 16.0 Å². The lowest BCUT2D eigenvalue weighted by Gasteiger charge is -2.04. The Morgan fingerprint density at radius 1 is 1.44 bits per heavy atom. The van der Waals surface area contributed by atoms with Crippen LogP contribution in [0.3, 0.4) is 0 Å². The van der Waals surface area contributed by atoms with Crippen molar-refractivity contribution < 1.29 is 10.0 Å². The maximum Gasteiger partial charge on any atom is 0.312 e. The zero-order valence-electron chi connectivity index (χ0n) is 13.5. The summed E-state index contributed by atoms with van der Waals surface area (Å²) < 4.78 is 1.29. The molecule has 0 atom stereocenters. The summed E-state index contributed by atoms with van der Waals surface area (Å²) in [6.45, 7) is 2.89. The van der Waals surface area contributed by atoms with Crippen LogP contribution in [0.2, 0.25) is 0 Å². The number of aryl methyl sites for hydroxylation is 1. The number of H-pyrrole nitrogens is 1. The van der Waals surface area contributed by atoms with Crippen molar-refractivity contribution in [1.29, 1.82) is 5.26 Å². The number of nitriles is 1. The van der Waals surface area contributed by atoms with Crippen LogP contribution >= 0.6 is 0 Å². The van der Waals surface area contributed by atoms with Crippen molar-refractivity contribution in [2.75, 3.05) is 0 Å². The number of benzene rings is 1. The number of aliphatic hydroxyl groups excluding tert-OH is 1. The Kier molecular flexibility index (Phi) is 3.94. The van der Waals surface area contributed by atoms with E-state index in [1.807, 2.05) is 24.3 Å². The Balaban J connectivity index is 2.02. The van der Waals surface area contributed by atoms with E-state index in [0.717, 1.165) is 5.52 Å². The Morgan fingerprint density at radius 3 is 2.76 bits per heavy atom. The van der Waals surface area contributed by atoms with Crippen LogP contribution in [0.25, 0.3) is 16.6 Å². The average Bonchev–Trinajstić information content (AvgIpc) is 3.09. The molecule has 1 aromatic carbocycles. The van der Waals surface area contributed by atoms with E-state index >= 15 is 0 Å². The fraction of sp³-hybridized carbons (Fsp3) is 0.188. The normalized spacial score (nSPS) is 12.0. The molecule has 0 aliphatic carbocycles. The van der Waals surface area contributed by atoms with Gasteiger partial charge in [-0.15, -0.1) is 0 Å². The predicted octanol–water partition coefficient (Wildman–Crippen LogP) is 2.78. The van der Waals surface area contributed by atoms with E-state index in [0.29, 0.717) is 11.2 Å². The minimum Gasteiger partial charge on any atom is -0.509 e. The first-order chi connectivity index (χ1) is 11.9. The molecular weight excluding hydrogens is 324 g/mol. The highest BCUT2D eigenvalue weighted by molar-refractivity contribution is 5.82. The molecule has 2 N–H and O–H groups in total. The fourth-order valence-electron chi connectivity index (χ4n) is 2.65. The lowest BCUT2D eigenvalue weighted by atomic mass is 10.2. The maximum atomic E-state index is 11.1. The van der Waals surface area contributed by atoms with Crippen molar-refractivity contribution in [3.63, 3.8) is 0 Å². The summed E-state index contributed by atoms with van der Waals surface area (Å²) in [5.41, 5.74) is 1.81. The number of aliphatic hydroxyl groups is 1. The Hall–Kier alpha value is -3.67. The fourth-order valence-corrected chi connectivity index (χ4v) is 2.65. The second kappa shape index (κ2) is 6.09. The van der Waals surface area contributed by atoms with Gasteiger partial charge in [-0.25, -0.2) is 4.98 Å². The molecule has 0 saturated carbocycles. The molecule has 25 heavy (non-hydrogen) atoms. The SMILES string of the molecule is Cc1nn(C/C(O)=C(\C#N)c2nc3ccccc3[nH]2)c(C)c1[N+](=O)[O-]. The van der Waals surface area contributed by atoms with Crippen LogP contribution in [-0.4, -0.2) is 29.8 Å². The van der Waals surface area contributed by atoms with Gasteiger partial charge < -0.3 is 10.1 Å². The van der Waals surface area contributed by atoms with Crippen molar-refractivity contribution in [1.82, 2.24) is 19.7 Å². The van der Waals surface area contributed by atoms with E-state index in [9.17, 15) is 20.5 Å². The van der Waals surface area contributed by atoms with Gasteiger partial charge in [0.2, 0.25) is 0 Å². The van der Waals surface area contributed by atoms with Gasteiger partial charge in [0.25, 0.3) is 0 Å². The summed E-state index contributed by atoms with van der Waals surface area (Å²) >= 11 is 0. The molecule has 0 aliphatic rings. The molecule has 3 aromatic rings. The molecule has 0 fully saturated rings. The molecule has 0 radical (unpaired) electrons. The highest BCUT2D eigenvalue weighted by atomic mass is 16.6. The zero-order valence-corrected chi connectivity index (χ0v) is 13.5. The number of fused-ring (bicyclic) bond motifs is 1. The molecule has 2 heterocycles. The van der Waals surface area contributed by atoms with Gasteiger partial charge in [-0.05, 0) is 26.0 Å². The van der Waals surface area contributed by atoms with Gasteiger partial charge in [-0.3, -0.25) is 14.8 Å². The summed E-state index contributed by atoms with van der Waals surface area (Å²) in [5, 5.41) is 34.9. The van der Waals surface area contributed by atoms with Crippen LogP contribution in [-0.2, 0) is 6.54 Å². The van der Waals surface area contributed by atoms with Crippen molar-refractivity contribution in [2.24, 2.45) is 0 Å². The smallest absolute Gasteiger partial charge is 0.312 e. The maximum absolute atomic E-state index is 11.1. The lowest BCUT2D eigenvalue weighted by molar-refractivity contribution is -0.386. The minimum atomic E-state index is -0.515. The van der Waals surface area contributed by atoms with Crippen molar-refractivity contribution in [3.05, 3.63) is 57.4 Å². The number of aromatic amines is 1. The summed E-state index contributed by atoms with van der Waals surface area (Å²) in [4.78, 5) is 17.8. The molecule has 9 heteroatoms. The van der Waals surface area contributed by atoms with Crippen LogP contribution in [0.15, 0.2) is 30.0 Å². The summed E-state index contributed by atoms with van der Waals surface area (Å²) in [5.74, 6) is -0.0423. The number of hydrogen-bond donors (Lipinski definition) is 2. The van der Waals surface area contributed by atoms with Crippen molar-refractivity contribution >= 4 is 22.3 Å². The molecule has 2 aromatic heterocycles. The van der Waals surface area contributed by atoms with Crippen molar-refractivity contribution in [2.45, 2.75) is 20.4 Å². The van der Waals surface area contributed by atoms with Gasteiger partial charge in [0, 0.05) is 0 Å². The first-order valence-electron chi connectivity index (χ1n) is 7.38. The topological polar surface area (TPSA) is 134 Å². The van der Waals surface area contributed by atoms with E-state index < -0.39 is 4.92 Å². The molecule has 0 bridgehead atoms. The number of aromatic nitrogens is 4. The number of nitrogens with zero attached hydrogens (tertiary/aromatic N) is 5. The van der Waals surface area contributed by atoms with Crippen molar-refractivity contribution in [3.8, 4) is 6.07 Å². The predicted molar refractivity (Wildman–Crippen MR) is 89.6 cm³/mol. The molecule has 126 valence electrons. The highest BCUT2D eigenvalue weighted by Gasteiger charge is 2.23. The average molecular weight is 338 g/mol. The number of rotatable bonds is 4. The summed E-state index contributed by atoms with van der Waals surface area (Å²) in [6.07, 6.45) is 0. The van der Waals surface area contributed by atoms with Gasteiger partial charge >= 0.3 is 5.69 Å². The number of nitro groups is 1. The molecule has 0 saturated heterocycles. The Morgan fingerprint density at radius 2 is 2.16 bits per heavy atom. The van der Waals surface area contributed by atoms with Crippen LogP contribution in [0.1, 0.15) is 17.2 Å². The molecule has 0 amide bonds. The number of allylic oxidation sites excluding steroid dienone is 2. The molecule has 0 unspecified atom stereocenters. The highest BCUT2D eigenvalue weighted by Crippen LogP contribution is 2.24. The third kappa shape index (κ3) is 2.81. The second-order valence-corrected chi connectivity index (χ2v) is 5.47. The quantitative estimate of drug-likeness (QED) is 0.325. The third-order valence-corrected chi connectivity index (χ3v) is 3.85. The van der Waals surface area contributed by atoms with E-state index in [1.54, 1.807) is 13.0 Å². The van der Waals surface area contributed by atoms with Gasteiger partial charge in [-0.1, -0.05) is 12.1 Å².